The van der Waals surface area contributed by atoms with Crippen molar-refractivity contribution in [1.29, 1.82) is 0 Å². The minimum Gasteiger partial charge on any atom is -0.355 e. The zero-order chi connectivity index (χ0) is 12.4. The van der Waals surface area contributed by atoms with Crippen molar-refractivity contribution in [3.8, 4) is 0 Å². The van der Waals surface area contributed by atoms with Gasteiger partial charge in [0.1, 0.15) is 5.02 Å². The van der Waals surface area contributed by atoms with E-state index in [2.05, 4.69) is 14.9 Å². The van der Waals surface area contributed by atoms with Crippen LogP contribution in [-0.2, 0) is 0 Å². The molecule has 1 aromatic rings. The van der Waals surface area contributed by atoms with Gasteiger partial charge in [-0.15, -0.1) is 0 Å². The van der Waals surface area contributed by atoms with Gasteiger partial charge in [-0.1, -0.05) is 11.6 Å². The molecule has 6 heteroatoms. The van der Waals surface area contributed by atoms with Gasteiger partial charge in [0, 0.05) is 19.1 Å². The maximum absolute atomic E-state index is 11.4. The molecular weight excluding hydrogens is 240 g/mol. The molecule has 1 aromatic heterocycles. The summed E-state index contributed by atoms with van der Waals surface area (Å²) >= 11 is 5.95. The average molecular weight is 257 g/mol. The smallest absolute Gasteiger partial charge is 0.271 e. The van der Waals surface area contributed by atoms with Crippen LogP contribution in [0.2, 0.25) is 5.02 Å². The molecule has 1 unspecified atom stereocenters. The molecule has 1 saturated heterocycles. The van der Waals surface area contributed by atoms with Crippen molar-refractivity contribution < 1.29 is 0 Å². The van der Waals surface area contributed by atoms with Crippen molar-refractivity contribution in [3.05, 3.63) is 21.7 Å². The van der Waals surface area contributed by atoms with E-state index >= 15 is 0 Å². The van der Waals surface area contributed by atoms with E-state index in [0.717, 1.165) is 25.9 Å². The number of halogens is 1. The second-order valence-electron chi connectivity index (χ2n) is 4.55. The molecule has 0 aromatic carbocycles. The van der Waals surface area contributed by atoms with E-state index in [-0.39, 0.29) is 16.6 Å². The van der Waals surface area contributed by atoms with Gasteiger partial charge < -0.3 is 15.6 Å². The lowest BCUT2D eigenvalue weighted by molar-refractivity contribution is 0.353. The molecule has 5 nitrogen and oxygen atoms in total. The number of hydrogen-bond acceptors (Lipinski definition) is 4. The molecule has 0 aliphatic carbocycles. The summed E-state index contributed by atoms with van der Waals surface area (Å²) in [4.78, 5) is 20.0. The number of aromatic nitrogens is 2. The maximum Gasteiger partial charge on any atom is 0.271 e. The van der Waals surface area contributed by atoms with Crippen LogP contribution in [-0.4, -0.2) is 29.1 Å². The van der Waals surface area contributed by atoms with Crippen LogP contribution >= 0.6 is 11.6 Å². The molecule has 1 atom stereocenters. The van der Waals surface area contributed by atoms with E-state index in [0.29, 0.717) is 11.7 Å². The molecule has 0 radical (unpaired) electrons. The fraction of sp³-hybridized carbons (Fsp3) is 0.636. The molecule has 0 amide bonds. The molecule has 94 valence electrons. The van der Waals surface area contributed by atoms with Crippen molar-refractivity contribution in [2.75, 3.05) is 18.0 Å². The van der Waals surface area contributed by atoms with Crippen LogP contribution in [0.5, 0.6) is 0 Å². The predicted molar refractivity (Wildman–Crippen MR) is 68.5 cm³/mol. The Hall–Kier alpha value is -1.07. The summed E-state index contributed by atoms with van der Waals surface area (Å²) in [6.45, 7) is 3.74. The van der Waals surface area contributed by atoms with Crippen molar-refractivity contribution in [3.63, 3.8) is 0 Å². The molecular formula is C11H17ClN4O. The van der Waals surface area contributed by atoms with Gasteiger partial charge in [-0.05, 0) is 25.7 Å². The molecule has 0 bridgehead atoms. The first-order chi connectivity index (χ1) is 8.09. The third-order valence-corrected chi connectivity index (χ3v) is 3.70. The highest BCUT2D eigenvalue weighted by Crippen LogP contribution is 2.26. The van der Waals surface area contributed by atoms with Crippen LogP contribution in [0.4, 0.5) is 5.82 Å². The van der Waals surface area contributed by atoms with Crippen molar-refractivity contribution in [2.45, 2.75) is 25.8 Å². The highest BCUT2D eigenvalue weighted by Gasteiger charge is 2.24. The summed E-state index contributed by atoms with van der Waals surface area (Å²) in [5.41, 5.74) is 5.60. The second-order valence-corrected chi connectivity index (χ2v) is 4.93. The normalized spacial score (nSPS) is 19.4. The zero-order valence-corrected chi connectivity index (χ0v) is 10.6. The lowest BCUT2D eigenvalue weighted by atomic mass is 9.91. The van der Waals surface area contributed by atoms with E-state index in [1.54, 1.807) is 0 Å². The number of H-pyrrole nitrogens is 1. The first-order valence-corrected chi connectivity index (χ1v) is 6.21. The Balaban J connectivity index is 2.11. The monoisotopic (exact) mass is 256 g/mol. The maximum atomic E-state index is 11.4. The molecule has 3 N–H and O–H groups in total. The van der Waals surface area contributed by atoms with Gasteiger partial charge in [0.15, 0.2) is 5.82 Å². The molecule has 1 aliphatic rings. The SMILES string of the molecule is CC(N)C1CCN(c2nc[nH]c(=O)c2Cl)CC1. The first-order valence-electron chi connectivity index (χ1n) is 5.83. The molecule has 2 heterocycles. The Morgan fingerprint density at radius 2 is 2.24 bits per heavy atom. The van der Waals surface area contributed by atoms with Crippen molar-refractivity contribution in [2.24, 2.45) is 11.7 Å². The molecule has 17 heavy (non-hydrogen) atoms. The zero-order valence-electron chi connectivity index (χ0n) is 9.82. The van der Waals surface area contributed by atoms with E-state index in [4.69, 9.17) is 17.3 Å². The van der Waals surface area contributed by atoms with Gasteiger partial charge in [0.05, 0.1) is 6.33 Å². The highest BCUT2D eigenvalue weighted by molar-refractivity contribution is 6.32. The van der Waals surface area contributed by atoms with Gasteiger partial charge in [0.2, 0.25) is 0 Å². The summed E-state index contributed by atoms with van der Waals surface area (Å²) in [6, 6.07) is 0.222. The molecule has 0 spiro atoms. The van der Waals surface area contributed by atoms with Crippen LogP contribution in [0.25, 0.3) is 0 Å². The quantitative estimate of drug-likeness (QED) is 0.827. The lowest BCUT2D eigenvalue weighted by Gasteiger charge is -2.34. The van der Waals surface area contributed by atoms with Crippen LogP contribution in [0.15, 0.2) is 11.1 Å². The topological polar surface area (TPSA) is 75.0 Å². The number of anilines is 1. The minimum atomic E-state index is -0.286. The van der Waals surface area contributed by atoms with E-state index in [1.807, 2.05) is 6.92 Å². The van der Waals surface area contributed by atoms with Gasteiger partial charge in [0.25, 0.3) is 5.56 Å². The fourth-order valence-electron chi connectivity index (χ4n) is 2.23. The van der Waals surface area contributed by atoms with Crippen LogP contribution in [0, 0.1) is 5.92 Å². The lowest BCUT2D eigenvalue weighted by Crippen LogP contribution is -2.40. The third kappa shape index (κ3) is 2.61. The first kappa shape index (κ1) is 12.4. The Morgan fingerprint density at radius 1 is 1.59 bits per heavy atom. The Bertz CT molecular complexity index is 437. The fourth-order valence-corrected chi connectivity index (χ4v) is 2.45. The summed E-state index contributed by atoms with van der Waals surface area (Å²) < 4.78 is 0. The summed E-state index contributed by atoms with van der Waals surface area (Å²) in [7, 11) is 0. The standard InChI is InChI=1S/C11H17ClN4O/c1-7(13)8-2-4-16(5-3-8)10-9(12)11(17)15-6-14-10/h6-8H,2-5,13H2,1H3,(H,14,15,17). The molecule has 1 aliphatic heterocycles. The van der Waals surface area contributed by atoms with Crippen molar-refractivity contribution >= 4 is 17.4 Å². The largest absolute Gasteiger partial charge is 0.355 e. The van der Waals surface area contributed by atoms with Crippen LogP contribution in [0.1, 0.15) is 19.8 Å². The minimum absolute atomic E-state index is 0.173. The van der Waals surface area contributed by atoms with Gasteiger partial charge >= 0.3 is 0 Å². The molecule has 0 saturated carbocycles. The number of nitrogens with one attached hydrogen (secondary N) is 1. The number of nitrogens with zero attached hydrogens (tertiary/aromatic N) is 2. The Kier molecular flexibility index (Phi) is 3.69. The summed E-state index contributed by atoms with van der Waals surface area (Å²) in [5, 5.41) is 0.173. The Labute approximate surface area is 105 Å². The summed E-state index contributed by atoms with van der Waals surface area (Å²) in [5.74, 6) is 1.13. The van der Waals surface area contributed by atoms with Crippen molar-refractivity contribution in [1.82, 2.24) is 9.97 Å². The van der Waals surface area contributed by atoms with Gasteiger partial charge in [-0.25, -0.2) is 4.98 Å². The number of aromatic amines is 1. The summed E-state index contributed by atoms with van der Waals surface area (Å²) in [6.07, 6.45) is 3.42. The van der Waals surface area contributed by atoms with Gasteiger partial charge in [-0.2, -0.15) is 0 Å². The van der Waals surface area contributed by atoms with Gasteiger partial charge in [-0.3, -0.25) is 4.79 Å². The average Bonchev–Trinajstić information content (AvgIpc) is 2.33. The number of rotatable bonds is 2. The van der Waals surface area contributed by atoms with Crippen LogP contribution in [0.3, 0.4) is 0 Å². The number of nitrogens with two attached hydrogens (primary N) is 1. The van der Waals surface area contributed by atoms with E-state index in [1.165, 1.54) is 6.33 Å². The molecule has 2 rings (SSSR count). The molecule has 1 fully saturated rings. The van der Waals surface area contributed by atoms with Crippen LogP contribution < -0.4 is 16.2 Å². The Morgan fingerprint density at radius 3 is 2.82 bits per heavy atom. The van der Waals surface area contributed by atoms with E-state index < -0.39 is 0 Å². The highest BCUT2D eigenvalue weighted by atomic mass is 35.5. The third-order valence-electron chi connectivity index (χ3n) is 3.36. The number of piperidine rings is 1. The van der Waals surface area contributed by atoms with E-state index in [9.17, 15) is 4.79 Å². The predicted octanol–water partition coefficient (Wildman–Crippen LogP) is 0.987. The number of hydrogen-bond donors (Lipinski definition) is 2. The second kappa shape index (κ2) is 5.06.